The van der Waals surface area contributed by atoms with Crippen LogP contribution in [0.3, 0.4) is 0 Å². The summed E-state index contributed by atoms with van der Waals surface area (Å²) >= 11 is 0. The van der Waals surface area contributed by atoms with Gasteiger partial charge in [-0.15, -0.1) is 0 Å². The van der Waals surface area contributed by atoms with Crippen molar-refractivity contribution in [2.24, 2.45) is 0 Å². The first-order valence-corrected chi connectivity index (χ1v) is 7.76. The van der Waals surface area contributed by atoms with E-state index in [-0.39, 0.29) is 17.8 Å². The number of carbonyl (C=O) groups is 1. The molecule has 0 aromatic heterocycles. The Morgan fingerprint density at radius 2 is 1.71 bits per heavy atom. The number of hydrogen-bond acceptors (Lipinski definition) is 2. The van der Waals surface area contributed by atoms with E-state index >= 15 is 0 Å². The van der Waals surface area contributed by atoms with Crippen LogP contribution in [0.1, 0.15) is 11.1 Å². The predicted octanol–water partition coefficient (Wildman–Crippen LogP) is 3.62. The zero-order valence-corrected chi connectivity index (χ0v) is 13.0. The fourth-order valence-corrected chi connectivity index (χ4v) is 2.85. The number of nitrogens with one attached hydrogen (secondary N) is 2. The number of anilines is 1. The van der Waals surface area contributed by atoms with Crippen molar-refractivity contribution in [1.82, 2.24) is 5.32 Å². The van der Waals surface area contributed by atoms with E-state index in [0.717, 1.165) is 12.8 Å². The van der Waals surface area contributed by atoms with Crippen molar-refractivity contribution in [3.63, 3.8) is 0 Å². The van der Waals surface area contributed by atoms with E-state index < -0.39 is 13.0 Å². The predicted molar refractivity (Wildman–Crippen MR) is 87.7 cm³/mol. The molecule has 0 unspecified atom stereocenters. The van der Waals surface area contributed by atoms with Crippen molar-refractivity contribution in [3.8, 4) is 5.75 Å². The van der Waals surface area contributed by atoms with E-state index in [2.05, 4.69) is 22.8 Å². The Morgan fingerprint density at radius 1 is 1.08 bits per heavy atom. The van der Waals surface area contributed by atoms with Gasteiger partial charge >= 0.3 is 6.03 Å². The minimum atomic E-state index is -2.57. The van der Waals surface area contributed by atoms with Crippen molar-refractivity contribution in [3.05, 3.63) is 59.7 Å². The Kier molecular flexibility index (Phi) is 4.93. The highest BCUT2D eigenvalue weighted by Gasteiger charge is 2.22. The van der Waals surface area contributed by atoms with E-state index in [1.807, 2.05) is 12.1 Å². The van der Waals surface area contributed by atoms with Gasteiger partial charge in [0.15, 0.2) is 0 Å². The van der Waals surface area contributed by atoms with Crippen LogP contribution in [-0.2, 0) is 12.8 Å². The van der Waals surface area contributed by atoms with Gasteiger partial charge in [0.05, 0.1) is 5.69 Å². The van der Waals surface area contributed by atoms with Crippen LogP contribution in [0.2, 0.25) is 0 Å². The van der Waals surface area contributed by atoms with Gasteiger partial charge in [-0.1, -0.05) is 36.4 Å². The van der Waals surface area contributed by atoms with Crippen LogP contribution in [0.15, 0.2) is 48.5 Å². The molecule has 2 aromatic rings. The summed E-state index contributed by atoms with van der Waals surface area (Å²) in [4.78, 5) is 12.2. The second kappa shape index (κ2) is 7.29. The van der Waals surface area contributed by atoms with Gasteiger partial charge in [0.1, 0.15) is 12.4 Å². The molecule has 2 N–H and O–H groups in total. The number of benzene rings is 2. The number of carbonyl (C=O) groups excluding carboxylic acids is 1. The van der Waals surface area contributed by atoms with Crippen molar-refractivity contribution in [2.75, 3.05) is 11.9 Å². The second-order valence-electron chi connectivity index (χ2n) is 5.67. The number of urea groups is 1. The maximum atomic E-state index is 12.3. The summed E-state index contributed by atoms with van der Waals surface area (Å²) in [7, 11) is 0. The molecule has 4 nitrogen and oxygen atoms in total. The van der Waals surface area contributed by atoms with E-state index in [0.29, 0.717) is 5.69 Å². The largest absolute Gasteiger partial charge is 0.485 e. The summed E-state index contributed by atoms with van der Waals surface area (Å²) in [5.74, 6) is 0.225. The topological polar surface area (TPSA) is 50.4 Å². The van der Waals surface area contributed by atoms with Crippen LogP contribution in [0.4, 0.5) is 19.3 Å². The average molecular weight is 332 g/mol. The maximum absolute atomic E-state index is 12.3. The summed E-state index contributed by atoms with van der Waals surface area (Å²) in [6.07, 6.45) is -0.996. The lowest BCUT2D eigenvalue weighted by Crippen LogP contribution is -2.38. The molecule has 0 saturated carbocycles. The fraction of sp³-hybridized carbons (Fsp3) is 0.278. The molecule has 2 aromatic carbocycles. The van der Waals surface area contributed by atoms with Crippen molar-refractivity contribution in [2.45, 2.75) is 25.3 Å². The molecule has 0 fully saturated rings. The molecular formula is C18H18F2N2O2. The first kappa shape index (κ1) is 16.2. The minimum Gasteiger partial charge on any atom is -0.485 e. The lowest BCUT2D eigenvalue weighted by molar-refractivity contribution is 0.0823. The van der Waals surface area contributed by atoms with Crippen LogP contribution in [-0.4, -0.2) is 25.1 Å². The Balaban J connectivity index is 1.58. The molecule has 0 atom stereocenters. The molecule has 0 heterocycles. The fourth-order valence-electron chi connectivity index (χ4n) is 2.85. The van der Waals surface area contributed by atoms with Gasteiger partial charge in [0.25, 0.3) is 6.43 Å². The van der Waals surface area contributed by atoms with E-state index in [1.54, 1.807) is 24.3 Å². The minimum absolute atomic E-state index is 0.0246. The summed E-state index contributed by atoms with van der Waals surface area (Å²) in [5, 5.41) is 5.58. The SMILES string of the molecule is O=C(Nc1ccccc1OCC(F)F)NC1Cc2ccccc2C1. The lowest BCUT2D eigenvalue weighted by atomic mass is 10.1. The van der Waals surface area contributed by atoms with E-state index in [9.17, 15) is 13.6 Å². The van der Waals surface area contributed by atoms with Crippen LogP contribution in [0, 0.1) is 0 Å². The summed E-state index contributed by atoms with van der Waals surface area (Å²) in [6.45, 7) is -0.710. The van der Waals surface area contributed by atoms with Crippen molar-refractivity contribution >= 4 is 11.7 Å². The van der Waals surface area contributed by atoms with Crippen LogP contribution < -0.4 is 15.4 Å². The Labute approximate surface area is 138 Å². The Morgan fingerprint density at radius 3 is 2.38 bits per heavy atom. The number of amides is 2. The van der Waals surface area contributed by atoms with Gasteiger partial charge in [0, 0.05) is 6.04 Å². The van der Waals surface area contributed by atoms with Crippen molar-refractivity contribution < 1.29 is 18.3 Å². The second-order valence-corrected chi connectivity index (χ2v) is 5.67. The summed E-state index contributed by atoms with van der Waals surface area (Å²) < 4.78 is 29.6. The molecule has 6 heteroatoms. The number of halogens is 2. The summed E-state index contributed by atoms with van der Waals surface area (Å²) in [5.41, 5.74) is 2.85. The number of fused-ring (bicyclic) bond motifs is 1. The molecule has 0 radical (unpaired) electrons. The number of ether oxygens (including phenoxy) is 1. The zero-order chi connectivity index (χ0) is 16.9. The van der Waals surface area contributed by atoms with Gasteiger partial charge in [0.2, 0.25) is 0 Å². The van der Waals surface area contributed by atoms with Gasteiger partial charge < -0.3 is 15.4 Å². The first-order valence-electron chi connectivity index (χ1n) is 7.76. The Bertz CT molecular complexity index is 697. The summed E-state index contributed by atoms with van der Waals surface area (Å²) in [6, 6.07) is 14.3. The van der Waals surface area contributed by atoms with Crippen LogP contribution >= 0.6 is 0 Å². The van der Waals surface area contributed by atoms with Gasteiger partial charge in [-0.2, -0.15) is 0 Å². The maximum Gasteiger partial charge on any atom is 0.319 e. The first-order chi connectivity index (χ1) is 11.6. The molecule has 0 bridgehead atoms. The quantitative estimate of drug-likeness (QED) is 0.879. The zero-order valence-electron chi connectivity index (χ0n) is 13.0. The third-order valence-corrected chi connectivity index (χ3v) is 3.89. The van der Waals surface area contributed by atoms with Gasteiger partial charge in [-0.05, 0) is 36.1 Å². The van der Waals surface area contributed by atoms with Crippen molar-refractivity contribution in [1.29, 1.82) is 0 Å². The monoisotopic (exact) mass is 332 g/mol. The molecule has 1 aliphatic carbocycles. The molecule has 1 aliphatic rings. The Hall–Kier alpha value is -2.63. The molecule has 126 valence electrons. The normalized spacial score (nSPS) is 13.6. The standard InChI is InChI=1S/C18H18F2N2O2/c19-17(20)11-24-16-8-4-3-7-15(16)22-18(23)21-14-9-12-5-1-2-6-13(12)10-14/h1-8,14,17H,9-11H2,(H2,21,22,23). The van der Waals surface area contributed by atoms with Crippen LogP contribution in [0.5, 0.6) is 5.75 Å². The van der Waals surface area contributed by atoms with Gasteiger partial charge in [-0.25, -0.2) is 13.6 Å². The molecule has 0 spiro atoms. The molecule has 0 saturated heterocycles. The van der Waals surface area contributed by atoms with E-state index in [1.165, 1.54) is 11.1 Å². The van der Waals surface area contributed by atoms with E-state index in [4.69, 9.17) is 4.74 Å². The molecule has 0 aliphatic heterocycles. The van der Waals surface area contributed by atoms with Gasteiger partial charge in [-0.3, -0.25) is 0 Å². The highest BCUT2D eigenvalue weighted by molar-refractivity contribution is 5.91. The van der Waals surface area contributed by atoms with Crippen LogP contribution in [0.25, 0.3) is 0 Å². The number of rotatable bonds is 5. The molecule has 2 amide bonds. The molecule has 3 rings (SSSR count). The third kappa shape index (κ3) is 4.01. The molecular weight excluding hydrogens is 314 g/mol. The molecule has 24 heavy (non-hydrogen) atoms. The highest BCUT2D eigenvalue weighted by atomic mass is 19.3. The average Bonchev–Trinajstić information content (AvgIpc) is 2.96. The number of para-hydroxylation sites is 2. The lowest BCUT2D eigenvalue weighted by Gasteiger charge is -2.15. The third-order valence-electron chi connectivity index (χ3n) is 3.89. The highest BCUT2D eigenvalue weighted by Crippen LogP contribution is 2.25. The number of alkyl halides is 2. The number of hydrogen-bond donors (Lipinski definition) is 2. The smallest absolute Gasteiger partial charge is 0.319 e.